The third-order valence-electron chi connectivity index (χ3n) is 2.82. The molecule has 0 saturated carbocycles. The molecule has 1 amide bonds. The predicted molar refractivity (Wildman–Crippen MR) is 66.2 cm³/mol. The Bertz CT molecular complexity index is 386. The number of alkyl halides is 1. The van der Waals surface area contributed by atoms with Crippen molar-refractivity contribution in [2.45, 2.75) is 18.2 Å². The number of benzene rings is 1. The molecule has 1 aromatic carbocycles. The lowest BCUT2D eigenvalue weighted by atomic mass is 10.1. The van der Waals surface area contributed by atoms with Crippen LogP contribution in [0.3, 0.4) is 0 Å². The molecule has 86 valence electrons. The molecular formula is C12H13Cl2NO. The second kappa shape index (κ2) is 5.07. The summed E-state index contributed by atoms with van der Waals surface area (Å²) < 4.78 is 0. The average Bonchev–Trinajstić information content (AvgIpc) is 2.30. The normalized spacial score (nSPS) is 17.5. The number of rotatable bonds is 1. The van der Waals surface area contributed by atoms with Crippen molar-refractivity contribution in [1.29, 1.82) is 0 Å². The Morgan fingerprint density at radius 2 is 1.88 bits per heavy atom. The first-order chi connectivity index (χ1) is 7.68. The highest BCUT2D eigenvalue weighted by Crippen LogP contribution is 2.21. The van der Waals surface area contributed by atoms with Gasteiger partial charge in [0.25, 0.3) is 5.91 Å². The van der Waals surface area contributed by atoms with Gasteiger partial charge in [0.15, 0.2) is 0 Å². The molecule has 0 radical (unpaired) electrons. The van der Waals surface area contributed by atoms with Crippen molar-refractivity contribution >= 4 is 29.1 Å². The minimum absolute atomic E-state index is 0.00849. The van der Waals surface area contributed by atoms with Crippen molar-refractivity contribution in [3.63, 3.8) is 0 Å². The Labute approximate surface area is 105 Å². The van der Waals surface area contributed by atoms with E-state index in [4.69, 9.17) is 23.2 Å². The Hall–Kier alpha value is -0.730. The molecule has 2 rings (SSSR count). The number of hydrogen-bond donors (Lipinski definition) is 0. The summed E-state index contributed by atoms with van der Waals surface area (Å²) in [7, 11) is 0. The van der Waals surface area contributed by atoms with Crippen LogP contribution in [0.5, 0.6) is 0 Å². The summed E-state index contributed by atoms with van der Waals surface area (Å²) in [4.78, 5) is 13.9. The first kappa shape index (κ1) is 11.7. The average molecular weight is 258 g/mol. The van der Waals surface area contributed by atoms with Crippen LogP contribution in [0.25, 0.3) is 0 Å². The molecule has 4 heteroatoms. The lowest BCUT2D eigenvalue weighted by molar-refractivity contribution is 0.0726. The topological polar surface area (TPSA) is 20.3 Å². The van der Waals surface area contributed by atoms with Crippen molar-refractivity contribution in [2.75, 3.05) is 13.1 Å². The van der Waals surface area contributed by atoms with Crippen molar-refractivity contribution in [2.24, 2.45) is 0 Å². The number of piperidine rings is 1. The van der Waals surface area contributed by atoms with Gasteiger partial charge in [0, 0.05) is 18.5 Å². The zero-order valence-electron chi connectivity index (χ0n) is 8.83. The molecular weight excluding hydrogens is 245 g/mol. The van der Waals surface area contributed by atoms with Crippen molar-refractivity contribution in [1.82, 2.24) is 4.90 Å². The second-order valence-electron chi connectivity index (χ2n) is 3.95. The molecule has 0 unspecified atom stereocenters. The lowest BCUT2D eigenvalue weighted by Gasteiger charge is -2.29. The molecule has 2 nitrogen and oxygen atoms in total. The summed E-state index contributed by atoms with van der Waals surface area (Å²) in [5.41, 5.74) is 0.581. The molecule has 0 aliphatic carbocycles. The van der Waals surface area contributed by atoms with Crippen molar-refractivity contribution < 1.29 is 4.79 Å². The Morgan fingerprint density at radius 3 is 2.50 bits per heavy atom. The van der Waals surface area contributed by atoms with E-state index in [9.17, 15) is 4.79 Å². The molecule has 16 heavy (non-hydrogen) atoms. The number of carbonyl (C=O) groups is 1. The van der Waals surface area contributed by atoms with E-state index in [0.29, 0.717) is 10.6 Å². The van der Waals surface area contributed by atoms with Gasteiger partial charge in [-0.1, -0.05) is 23.7 Å². The van der Waals surface area contributed by atoms with E-state index in [1.54, 1.807) is 12.1 Å². The number of hydrogen-bond acceptors (Lipinski definition) is 1. The standard InChI is InChI=1S/C12H13Cl2NO/c13-9-5-7-15(8-6-9)12(16)10-3-1-2-4-11(10)14/h1-4,9H,5-8H2. The summed E-state index contributed by atoms with van der Waals surface area (Å²) in [5, 5.41) is 0.718. The van der Waals surface area contributed by atoms with Gasteiger partial charge in [-0.3, -0.25) is 4.79 Å². The van der Waals surface area contributed by atoms with Crippen LogP contribution in [0.4, 0.5) is 0 Å². The molecule has 1 aromatic rings. The molecule has 1 aliphatic heterocycles. The van der Waals surface area contributed by atoms with Crippen LogP contribution in [-0.4, -0.2) is 29.3 Å². The molecule has 0 aromatic heterocycles. The van der Waals surface area contributed by atoms with E-state index in [-0.39, 0.29) is 11.3 Å². The van der Waals surface area contributed by atoms with Gasteiger partial charge >= 0.3 is 0 Å². The van der Waals surface area contributed by atoms with E-state index in [1.165, 1.54) is 0 Å². The Balaban J connectivity index is 2.11. The van der Waals surface area contributed by atoms with Crippen LogP contribution >= 0.6 is 23.2 Å². The smallest absolute Gasteiger partial charge is 0.255 e. The zero-order valence-corrected chi connectivity index (χ0v) is 10.3. The number of amides is 1. The number of halogens is 2. The lowest BCUT2D eigenvalue weighted by Crippen LogP contribution is -2.38. The largest absolute Gasteiger partial charge is 0.338 e. The fourth-order valence-electron chi connectivity index (χ4n) is 1.86. The van der Waals surface area contributed by atoms with Crippen LogP contribution in [0, 0.1) is 0 Å². The van der Waals surface area contributed by atoms with Crippen LogP contribution in [0.2, 0.25) is 5.02 Å². The Morgan fingerprint density at radius 1 is 1.25 bits per heavy atom. The maximum Gasteiger partial charge on any atom is 0.255 e. The molecule has 0 atom stereocenters. The van der Waals surface area contributed by atoms with E-state index in [2.05, 4.69) is 0 Å². The van der Waals surface area contributed by atoms with E-state index < -0.39 is 0 Å². The van der Waals surface area contributed by atoms with Crippen molar-refractivity contribution in [3.8, 4) is 0 Å². The summed E-state index contributed by atoms with van der Waals surface area (Å²) in [6.07, 6.45) is 1.72. The van der Waals surface area contributed by atoms with Crippen LogP contribution in [0.1, 0.15) is 23.2 Å². The second-order valence-corrected chi connectivity index (χ2v) is 4.97. The third kappa shape index (κ3) is 2.50. The molecule has 1 aliphatic rings. The minimum atomic E-state index is 0.00849. The van der Waals surface area contributed by atoms with E-state index in [0.717, 1.165) is 25.9 Å². The van der Waals surface area contributed by atoms with Gasteiger partial charge in [-0.25, -0.2) is 0 Å². The molecule has 0 spiro atoms. The van der Waals surface area contributed by atoms with Gasteiger partial charge < -0.3 is 4.90 Å². The van der Waals surface area contributed by atoms with E-state index in [1.807, 2.05) is 17.0 Å². The van der Waals surface area contributed by atoms with E-state index >= 15 is 0 Å². The first-order valence-electron chi connectivity index (χ1n) is 5.36. The molecule has 1 heterocycles. The molecule has 0 bridgehead atoms. The SMILES string of the molecule is O=C(c1ccccc1Cl)N1CCC(Cl)CC1. The summed E-state index contributed by atoms with van der Waals surface area (Å²) in [6.45, 7) is 1.44. The maximum atomic E-state index is 12.1. The maximum absolute atomic E-state index is 12.1. The van der Waals surface area contributed by atoms with Crippen LogP contribution < -0.4 is 0 Å². The van der Waals surface area contributed by atoms with Crippen molar-refractivity contribution in [3.05, 3.63) is 34.9 Å². The highest BCUT2D eigenvalue weighted by atomic mass is 35.5. The minimum Gasteiger partial charge on any atom is -0.338 e. The highest BCUT2D eigenvalue weighted by Gasteiger charge is 2.23. The van der Waals surface area contributed by atoms with Gasteiger partial charge in [0.2, 0.25) is 0 Å². The highest BCUT2D eigenvalue weighted by molar-refractivity contribution is 6.33. The van der Waals surface area contributed by atoms with Crippen LogP contribution in [0.15, 0.2) is 24.3 Å². The molecule has 0 N–H and O–H groups in total. The number of carbonyl (C=O) groups excluding carboxylic acids is 1. The fourth-order valence-corrected chi connectivity index (χ4v) is 2.27. The molecule has 1 fully saturated rings. The molecule has 1 saturated heterocycles. The Kier molecular flexibility index (Phi) is 3.72. The van der Waals surface area contributed by atoms with Gasteiger partial charge in [-0.05, 0) is 25.0 Å². The van der Waals surface area contributed by atoms with Crippen LogP contribution in [-0.2, 0) is 0 Å². The zero-order chi connectivity index (χ0) is 11.5. The van der Waals surface area contributed by atoms with Gasteiger partial charge in [0.1, 0.15) is 0 Å². The monoisotopic (exact) mass is 257 g/mol. The quantitative estimate of drug-likeness (QED) is 0.708. The van der Waals surface area contributed by atoms with Gasteiger partial charge in [0.05, 0.1) is 10.6 Å². The van der Waals surface area contributed by atoms with Gasteiger partial charge in [-0.15, -0.1) is 11.6 Å². The summed E-state index contributed by atoms with van der Waals surface area (Å²) in [5.74, 6) is 0.00849. The summed E-state index contributed by atoms with van der Waals surface area (Å²) >= 11 is 12.0. The first-order valence-corrected chi connectivity index (χ1v) is 6.18. The predicted octanol–water partition coefficient (Wildman–Crippen LogP) is 3.18. The summed E-state index contributed by atoms with van der Waals surface area (Å²) in [6, 6.07) is 7.15. The third-order valence-corrected chi connectivity index (χ3v) is 3.58. The fraction of sp³-hybridized carbons (Fsp3) is 0.417. The number of nitrogens with zero attached hydrogens (tertiary/aromatic N) is 1. The van der Waals surface area contributed by atoms with Gasteiger partial charge in [-0.2, -0.15) is 0 Å². The number of likely N-dealkylation sites (tertiary alicyclic amines) is 1.